The number of anilines is 1. The third-order valence-corrected chi connectivity index (χ3v) is 5.10. The first-order valence-electron chi connectivity index (χ1n) is 10.3. The molecule has 3 aromatic carbocycles. The number of rotatable bonds is 10. The number of amidine groups is 1. The van der Waals surface area contributed by atoms with Gasteiger partial charge in [0.1, 0.15) is 11.9 Å². The lowest BCUT2D eigenvalue weighted by molar-refractivity contribution is -0.122. The Kier molecular flexibility index (Phi) is 7.75. The summed E-state index contributed by atoms with van der Waals surface area (Å²) in [4.78, 5) is 13.3. The van der Waals surface area contributed by atoms with Crippen molar-refractivity contribution in [2.24, 2.45) is 5.73 Å². The maximum Gasteiger partial charge on any atom is 0.247 e. The molecule has 0 aromatic heterocycles. The van der Waals surface area contributed by atoms with E-state index in [1.165, 1.54) is 21.3 Å². The van der Waals surface area contributed by atoms with Crippen molar-refractivity contribution in [1.82, 2.24) is 5.32 Å². The molecule has 0 radical (unpaired) electrons. The molecule has 0 aliphatic carbocycles. The zero-order valence-electron chi connectivity index (χ0n) is 18.8. The van der Waals surface area contributed by atoms with Crippen molar-refractivity contribution in [3.63, 3.8) is 0 Å². The van der Waals surface area contributed by atoms with Gasteiger partial charge in [0.15, 0.2) is 11.5 Å². The van der Waals surface area contributed by atoms with Gasteiger partial charge in [-0.15, -0.1) is 0 Å². The number of hydrogen-bond donors (Lipinski definition) is 4. The Balaban J connectivity index is 1.95. The number of carbonyl (C=O) groups is 1. The van der Waals surface area contributed by atoms with Gasteiger partial charge >= 0.3 is 0 Å². The van der Waals surface area contributed by atoms with E-state index in [0.717, 1.165) is 5.56 Å². The summed E-state index contributed by atoms with van der Waals surface area (Å²) in [5.74, 6) is 1.08. The fourth-order valence-electron chi connectivity index (χ4n) is 3.37. The first-order valence-corrected chi connectivity index (χ1v) is 10.3. The van der Waals surface area contributed by atoms with Gasteiger partial charge < -0.3 is 30.6 Å². The smallest absolute Gasteiger partial charge is 0.247 e. The van der Waals surface area contributed by atoms with Gasteiger partial charge in [-0.2, -0.15) is 0 Å². The van der Waals surface area contributed by atoms with E-state index in [4.69, 9.17) is 25.4 Å². The lowest BCUT2D eigenvalue weighted by Crippen LogP contribution is -2.33. The number of amides is 1. The lowest BCUT2D eigenvalue weighted by atomic mass is 10.0. The Morgan fingerprint density at radius 3 is 2.06 bits per heavy atom. The van der Waals surface area contributed by atoms with Gasteiger partial charge in [-0.3, -0.25) is 10.2 Å². The van der Waals surface area contributed by atoms with Crippen LogP contribution in [0.2, 0.25) is 0 Å². The molecule has 1 atom stereocenters. The van der Waals surface area contributed by atoms with Crippen molar-refractivity contribution in [2.45, 2.75) is 12.6 Å². The number of benzene rings is 3. The summed E-state index contributed by atoms with van der Waals surface area (Å²) < 4.78 is 16.3. The van der Waals surface area contributed by atoms with Gasteiger partial charge in [-0.25, -0.2) is 0 Å². The molecule has 0 heterocycles. The second kappa shape index (κ2) is 10.9. The molecule has 1 amide bonds. The highest BCUT2D eigenvalue weighted by molar-refractivity contribution is 5.95. The standard InChI is InChI=1S/C25H28N4O4/c1-31-20-13-18(14-21(32-2)23(20)33-3)22(25(30)28-15-16-7-5-4-6-8-16)29-19-11-9-17(10-12-19)24(26)27/h4-14,22,29H,15H2,1-3H3,(H3,26,27)(H,28,30)/t22-/m0/s1. The van der Waals surface area contributed by atoms with Gasteiger partial charge in [-0.1, -0.05) is 30.3 Å². The van der Waals surface area contributed by atoms with E-state index in [2.05, 4.69) is 10.6 Å². The van der Waals surface area contributed by atoms with Crippen LogP contribution in [0.1, 0.15) is 22.7 Å². The summed E-state index contributed by atoms with van der Waals surface area (Å²) in [7, 11) is 4.58. The van der Waals surface area contributed by atoms with Crippen molar-refractivity contribution in [2.75, 3.05) is 26.6 Å². The Bertz CT molecular complexity index is 1080. The van der Waals surface area contributed by atoms with Gasteiger partial charge in [-0.05, 0) is 47.5 Å². The summed E-state index contributed by atoms with van der Waals surface area (Å²) in [6.45, 7) is 0.381. The molecule has 8 heteroatoms. The maximum absolute atomic E-state index is 13.3. The molecule has 0 saturated carbocycles. The van der Waals surface area contributed by atoms with Crippen LogP contribution in [0, 0.1) is 5.41 Å². The van der Waals surface area contributed by atoms with Crippen molar-refractivity contribution < 1.29 is 19.0 Å². The predicted octanol–water partition coefficient (Wildman–Crippen LogP) is 3.47. The number of nitrogens with one attached hydrogen (secondary N) is 3. The van der Waals surface area contributed by atoms with Crippen LogP contribution in [0.4, 0.5) is 5.69 Å². The number of methoxy groups -OCH3 is 3. The molecule has 0 spiro atoms. The zero-order valence-corrected chi connectivity index (χ0v) is 18.8. The Morgan fingerprint density at radius 1 is 0.939 bits per heavy atom. The molecular weight excluding hydrogens is 420 g/mol. The van der Waals surface area contributed by atoms with E-state index < -0.39 is 6.04 Å². The second-order valence-corrected chi connectivity index (χ2v) is 7.23. The van der Waals surface area contributed by atoms with Crippen molar-refractivity contribution in [1.29, 1.82) is 5.41 Å². The Morgan fingerprint density at radius 2 is 1.55 bits per heavy atom. The summed E-state index contributed by atoms with van der Waals surface area (Å²) >= 11 is 0. The van der Waals surface area contributed by atoms with Crippen LogP contribution in [0.3, 0.4) is 0 Å². The van der Waals surface area contributed by atoms with E-state index >= 15 is 0 Å². The van der Waals surface area contributed by atoms with E-state index in [9.17, 15) is 4.79 Å². The number of ether oxygens (including phenoxy) is 3. The number of nitrogen functional groups attached to an aromatic ring is 1. The number of hydrogen-bond acceptors (Lipinski definition) is 6. The molecule has 3 aromatic rings. The van der Waals surface area contributed by atoms with E-state index in [1.807, 2.05) is 30.3 Å². The van der Waals surface area contributed by atoms with Crippen LogP contribution < -0.4 is 30.6 Å². The first-order chi connectivity index (χ1) is 16.0. The molecule has 0 bridgehead atoms. The molecule has 0 unspecified atom stereocenters. The summed E-state index contributed by atoms with van der Waals surface area (Å²) in [5, 5.41) is 13.8. The fraction of sp³-hybridized carbons (Fsp3) is 0.200. The predicted molar refractivity (Wildman–Crippen MR) is 128 cm³/mol. The summed E-state index contributed by atoms with van der Waals surface area (Å²) in [6, 6.07) is 19.4. The molecule has 5 N–H and O–H groups in total. The van der Waals surface area contributed by atoms with E-state index in [0.29, 0.717) is 40.6 Å². The molecule has 0 fully saturated rings. The van der Waals surface area contributed by atoms with Crippen molar-refractivity contribution in [3.05, 3.63) is 83.4 Å². The quantitative estimate of drug-likeness (QED) is 0.279. The normalized spacial score (nSPS) is 11.2. The highest BCUT2D eigenvalue weighted by atomic mass is 16.5. The molecule has 0 aliphatic rings. The minimum absolute atomic E-state index is 0.0247. The maximum atomic E-state index is 13.3. The van der Waals surface area contributed by atoms with Gasteiger partial charge in [0, 0.05) is 17.8 Å². The van der Waals surface area contributed by atoms with Crippen LogP contribution in [0.25, 0.3) is 0 Å². The average Bonchev–Trinajstić information content (AvgIpc) is 2.85. The Hall–Kier alpha value is -4.20. The molecule has 0 saturated heterocycles. The second-order valence-electron chi connectivity index (χ2n) is 7.23. The molecule has 172 valence electrons. The largest absolute Gasteiger partial charge is 0.493 e. The number of carbonyl (C=O) groups excluding carboxylic acids is 1. The van der Waals surface area contributed by atoms with Crippen molar-refractivity contribution in [3.8, 4) is 17.2 Å². The Labute approximate surface area is 193 Å². The van der Waals surface area contributed by atoms with Crippen LogP contribution in [0.15, 0.2) is 66.7 Å². The average molecular weight is 449 g/mol. The fourth-order valence-corrected chi connectivity index (χ4v) is 3.37. The van der Waals surface area contributed by atoms with Crippen LogP contribution >= 0.6 is 0 Å². The van der Waals surface area contributed by atoms with Gasteiger partial charge in [0.25, 0.3) is 0 Å². The monoisotopic (exact) mass is 448 g/mol. The van der Waals surface area contributed by atoms with E-state index in [-0.39, 0.29) is 11.7 Å². The highest BCUT2D eigenvalue weighted by Gasteiger charge is 2.24. The first kappa shape index (κ1) is 23.5. The third-order valence-electron chi connectivity index (χ3n) is 5.10. The summed E-state index contributed by atoms with van der Waals surface area (Å²) in [6.07, 6.45) is 0. The van der Waals surface area contributed by atoms with Crippen LogP contribution in [0.5, 0.6) is 17.2 Å². The minimum Gasteiger partial charge on any atom is -0.493 e. The van der Waals surface area contributed by atoms with Crippen molar-refractivity contribution >= 4 is 17.4 Å². The topological polar surface area (TPSA) is 119 Å². The SMILES string of the molecule is COc1cc([C@H](Nc2ccc(C(=N)N)cc2)C(=O)NCc2ccccc2)cc(OC)c1OC. The number of nitrogens with two attached hydrogens (primary N) is 1. The lowest BCUT2D eigenvalue weighted by Gasteiger charge is -2.22. The van der Waals surface area contributed by atoms with E-state index in [1.54, 1.807) is 36.4 Å². The highest BCUT2D eigenvalue weighted by Crippen LogP contribution is 2.40. The minimum atomic E-state index is -0.759. The third kappa shape index (κ3) is 5.74. The molecule has 33 heavy (non-hydrogen) atoms. The van der Waals surface area contributed by atoms with Gasteiger partial charge in [0.05, 0.1) is 21.3 Å². The zero-order chi connectivity index (χ0) is 23.8. The summed E-state index contributed by atoms with van der Waals surface area (Å²) in [5.41, 5.74) is 8.45. The molecule has 8 nitrogen and oxygen atoms in total. The van der Waals surface area contributed by atoms with Gasteiger partial charge in [0.2, 0.25) is 11.7 Å². The molecule has 3 rings (SSSR count). The van der Waals surface area contributed by atoms with Crippen LogP contribution in [-0.4, -0.2) is 33.1 Å². The molecule has 0 aliphatic heterocycles. The van der Waals surface area contributed by atoms with Crippen LogP contribution in [-0.2, 0) is 11.3 Å². The molecular formula is C25H28N4O4.